The van der Waals surface area contributed by atoms with Gasteiger partial charge in [0.2, 0.25) is 5.91 Å². The Bertz CT molecular complexity index is 412. The van der Waals surface area contributed by atoms with Crippen LogP contribution in [-0.4, -0.2) is 23.9 Å². The van der Waals surface area contributed by atoms with Crippen LogP contribution in [0.25, 0.3) is 0 Å². The summed E-state index contributed by atoms with van der Waals surface area (Å²) >= 11 is 0. The monoisotopic (exact) mass is 307 g/mol. The summed E-state index contributed by atoms with van der Waals surface area (Å²) in [7, 11) is 0. The first kappa shape index (κ1) is 19.3. The Morgan fingerprint density at radius 1 is 1.32 bits per heavy atom. The third kappa shape index (κ3) is 5.78. The maximum absolute atomic E-state index is 12.7. The highest BCUT2D eigenvalue weighted by Gasteiger charge is 2.50. The molecular formula is C20H37NO. The number of carbonyl (C=O) groups is 1. The number of hydrogen-bond acceptors (Lipinski definition) is 1. The van der Waals surface area contributed by atoms with E-state index in [1.807, 2.05) is 20.8 Å². The van der Waals surface area contributed by atoms with Crippen molar-refractivity contribution < 1.29 is 4.79 Å². The van der Waals surface area contributed by atoms with E-state index in [4.69, 9.17) is 0 Å². The van der Waals surface area contributed by atoms with E-state index in [0.717, 1.165) is 13.1 Å². The molecule has 1 aliphatic carbocycles. The molecule has 0 aromatic carbocycles. The molecule has 1 rings (SSSR count). The molecule has 2 unspecified atom stereocenters. The quantitative estimate of drug-likeness (QED) is 0.585. The van der Waals surface area contributed by atoms with Crippen molar-refractivity contribution in [1.82, 2.24) is 4.90 Å². The SMILES string of the molecule is CC(C)=CCCC1(C)CC1CN(CC(C)C)C(=O)C(C)(C)C. The van der Waals surface area contributed by atoms with Crippen LogP contribution in [0.1, 0.15) is 74.7 Å². The summed E-state index contributed by atoms with van der Waals surface area (Å²) in [5, 5.41) is 0. The number of nitrogens with zero attached hydrogens (tertiary/aromatic N) is 1. The first-order chi connectivity index (χ1) is 9.95. The highest BCUT2D eigenvalue weighted by molar-refractivity contribution is 5.81. The average molecular weight is 308 g/mol. The van der Waals surface area contributed by atoms with Crippen molar-refractivity contribution in [2.45, 2.75) is 74.7 Å². The molecule has 0 saturated heterocycles. The Labute approximate surface area is 138 Å². The number of allylic oxidation sites excluding steroid dienone is 2. The van der Waals surface area contributed by atoms with Gasteiger partial charge in [-0.05, 0) is 50.4 Å². The van der Waals surface area contributed by atoms with Crippen LogP contribution in [0.5, 0.6) is 0 Å². The molecule has 128 valence electrons. The van der Waals surface area contributed by atoms with Gasteiger partial charge in [-0.25, -0.2) is 0 Å². The summed E-state index contributed by atoms with van der Waals surface area (Å²) in [4.78, 5) is 14.8. The lowest BCUT2D eigenvalue weighted by Gasteiger charge is -2.31. The van der Waals surface area contributed by atoms with Crippen LogP contribution < -0.4 is 0 Å². The number of hydrogen-bond donors (Lipinski definition) is 0. The Hall–Kier alpha value is -0.790. The van der Waals surface area contributed by atoms with Gasteiger partial charge in [0.15, 0.2) is 0 Å². The maximum Gasteiger partial charge on any atom is 0.227 e. The molecule has 1 fully saturated rings. The second-order valence-electron chi connectivity index (χ2n) is 9.23. The van der Waals surface area contributed by atoms with Crippen LogP contribution in [0.2, 0.25) is 0 Å². The number of amides is 1. The normalized spacial score (nSPS) is 24.3. The Morgan fingerprint density at radius 2 is 1.91 bits per heavy atom. The van der Waals surface area contributed by atoms with Crippen molar-refractivity contribution >= 4 is 5.91 Å². The molecule has 22 heavy (non-hydrogen) atoms. The summed E-state index contributed by atoms with van der Waals surface area (Å²) in [5.74, 6) is 1.52. The second-order valence-corrected chi connectivity index (χ2v) is 9.23. The van der Waals surface area contributed by atoms with E-state index >= 15 is 0 Å². The zero-order chi connectivity index (χ0) is 17.1. The van der Waals surface area contributed by atoms with Crippen LogP contribution in [0.4, 0.5) is 0 Å². The Balaban J connectivity index is 2.61. The molecule has 0 aliphatic heterocycles. The second kappa shape index (κ2) is 7.19. The highest BCUT2D eigenvalue weighted by atomic mass is 16.2. The minimum absolute atomic E-state index is 0.276. The van der Waals surface area contributed by atoms with Crippen LogP contribution in [0, 0.1) is 22.7 Å². The van der Waals surface area contributed by atoms with Gasteiger partial charge in [-0.3, -0.25) is 4.79 Å². The molecule has 1 aliphatic rings. The molecule has 0 spiro atoms. The lowest BCUT2D eigenvalue weighted by molar-refractivity contribution is -0.140. The standard InChI is InChI=1S/C20H37NO/c1-15(2)10-9-11-20(8)12-17(20)14-21(13-16(3)4)18(22)19(5,6)7/h10,16-17H,9,11-14H2,1-8H3. The molecule has 0 aromatic rings. The van der Waals surface area contributed by atoms with E-state index in [1.54, 1.807) is 0 Å². The van der Waals surface area contributed by atoms with Crippen molar-refractivity contribution in [3.05, 3.63) is 11.6 Å². The lowest BCUT2D eigenvalue weighted by Crippen LogP contribution is -2.43. The molecular weight excluding hydrogens is 270 g/mol. The van der Waals surface area contributed by atoms with E-state index in [1.165, 1.54) is 24.8 Å². The third-order valence-electron chi connectivity index (χ3n) is 4.76. The van der Waals surface area contributed by atoms with Gasteiger partial charge < -0.3 is 4.90 Å². The van der Waals surface area contributed by atoms with Crippen molar-refractivity contribution in [1.29, 1.82) is 0 Å². The molecule has 2 nitrogen and oxygen atoms in total. The first-order valence-corrected chi connectivity index (χ1v) is 8.88. The Morgan fingerprint density at radius 3 is 2.36 bits per heavy atom. The molecule has 0 heterocycles. The van der Waals surface area contributed by atoms with Crippen molar-refractivity contribution in [2.75, 3.05) is 13.1 Å². The molecule has 0 bridgehead atoms. The van der Waals surface area contributed by atoms with Gasteiger partial charge >= 0.3 is 0 Å². The zero-order valence-electron chi connectivity index (χ0n) is 16.1. The van der Waals surface area contributed by atoms with Gasteiger partial charge in [0.25, 0.3) is 0 Å². The lowest BCUT2D eigenvalue weighted by atomic mass is 9.93. The van der Waals surface area contributed by atoms with Gasteiger partial charge in [0, 0.05) is 18.5 Å². The molecule has 0 N–H and O–H groups in total. The first-order valence-electron chi connectivity index (χ1n) is 8.88. The van der Waals surface area contributed by atoms with Crippen molar-refractivity contribution in [3.63, 3.8) is 0 Å². The predicted octanol–water partition coefficient (Wildman–Crippen LogP) is 5.29. The fourth-order valence-corrected chi connectivity index (χ4v) is 3.21. The molecule has 1 amide bonds. The van der Waals surface area contributed by atoms with Crippen LogP contribution >= 0.6 is 0 Å². The molecule has 2 heteroatoms. The largest absolute Gasteiger partial charge is 0.342 e. The Kier molecular flexibility index (Phi) is 6.29. The fourth-order valence-electron chi connectivity index (χ4n) is 3.21. The van der Waals surface area contributed by atoms with E-state index < -0.39 is 0 Å². The van der Waals surface area contributed by atoms with Gasteiger partial charge in [-0.2, -0.15) is 0 Å². The number of carbonyl (C=O) groups excluding carboxylic acids is 1. The van der Waals surface area contributed by atoms with Gasteiger partial charge in [-0.1, -0.05) is 53.2 Å². The highest BCUT2D eigenvalue weighted by Crippen LogP contribution is 2.56. The predicted molar refractivity (Wildman–Crippen MR) is 95.8 cm³/mol. The van der Waals surface area contributed by atoms with Crippen LogP contribution in [-0.2, 0) is 4.79 Å². The van der Waals surface area contributed by atoms with E-state index in [-0.39, 0.29) is 5.41 Å². The van der Waals surface area contributed by atoms with Gasteiger partial charge in [-0.15, -0.1) is 0 Å². The summed E-state index contributed by atoms with van der Waals surface area (Å²) in [6.07, 6.45) is 6.04. The summed E-state index contributed by atoms with van der Waals surface area (Å²) in [5.41, 5.74) is 1.58. The summed E-state index contributed by atoms with van der Waals surface area (Å²) < 4.78 is 0. The van der Waals surface area contributed by atoms with Crippen molar-refractivity contribution in [3.8, 4) is 0 Å². The molecule has 1 saturated carbocycles. The minimum Gasteiger partial charge on any atom is -0.342 e. The van der Waals surface area contributed by atoms with Gasteiger partial charge in [0.1, 0.15) is 0 Å². The zero-order valence-corrected chi connectivity index (χ0v) is 16.1. The molecule has 0 radical (unpaired) electrons. The smallest absolute Gasteiger partial charge is 0.227 e. The maximum atomic E-state index is 12.7. The molecule has 0 aromatic heterocycles. The van der Waals surface area contributed by atoms with Crippen LogP contribution in [0.15, 0.2) is 11.6 Å². The number of rotatable bonds is 7. The average Bonchev–Trinajstić information content (AvgIpc) is 2.95. The van der Waals surface area contributed by atoms with E-state index in [0.29, 0.717) is 23.2 Å². The molecule has 2 atom stereocenters. The topological polar surface area (TPSA) is 20.3 Å². The van der Waals surface area contributed by atoms with Crippen molar-refractivity contribution in [2.24, 2.45) is 22.7 Å². The van der Waals surface area contributed by atoms with Crippen LogP contribution in [0.3, 0.4) is 0 Å². The minimum atomic E-state index is -0.276. The third-order valence-corrected chi connectivity index (χ3v) is 4.76. The summed E-state index contributed by atoms with van der Waals surface area (Å²) in [6.45, 7) is 19.0. The van der Waals surface area contributed by atoms with E-state index in [2.05, 4.69) is 45.6 Å². The fraction of sp³-hybridized carbons (Fsp3) is 0.850. The van der Waals surface area contributed by atoms with Gasteiger partial charge in [0.05, 0.1) is 0 Å². The summed E-state index contributed by atoms with van der Waals surface area (Å²) in [6, 6.07) is 0. The van der Waals surface area contributed by atoms with E-state index in [9.17, 15) is 4.79 Å².